The molecule has 2 heterocycles. The van der Waals surface area contributed by atoms with Crippen molar-refractivity contribution in [3.8, 4) is 0 Å². The maximum absolute atomic E-state index is 13.4. The lowest BCUT2D eigenvalue weighted by Gasteiger charge is -2.31. The van der Waals surface area contributed by atoms with Gasteiger partial charge >= 0.3 is 0 Å². The number of hydrogen-bond acceptors (Lipinski definition) is 4. The van der Waals surface area contributed by atoms with Crippen molar-refractivity contribution in [1.82, 2.24) is 5.32 Å². The molecule has 146 valence electrons. The van der Waals surface area contributed by atoms with Gasteiger partial charge in [0.05, 0.1) is 18.2 Å². The Morgan fingerprint density at radius 2 is 1.93 bits per heavy atom. The molecule has 2 aromatic heterocycles. The van der Waals surface area contributed by atoms with Crippen LogP contribution in [0.1, 0.15) is 41.9 Å². The van der Waals surface area contributed by atoms with Gasteiger partial charge in [-0.3, -0.25) is 4.79 Å². The zero-order valence-corrected chi connectivity index (χ0v) is 16.9. The van der Waals surface area contributed by atoms with Crippen molar-refractivity contribution in [2.24, 2.45) is 0 Å². The number of aliphatic hydroxyl groups is 1. The summed E-state index contributed by atoms with van der Waals surface area (Å²) in [6, 6.07) is 14.7. The molecule has 1 aliphatic carbocycles. The third-order valence-electron chi connectivity index (χ3n) is 5.65. The van der Waals surface area contributed by atoms with Crippen LogP contribution >= 0.6 is 22.9 Å². The van der Waals surface area contributed by atoms with E-state index in [0.29, 0.717) is 10.8 Å². The minimum atomic E-state index is -1.40. The quantitative estimate of drug-likeness (QED) is 0.604. The first-order chi connectivity index (χ1) is 13.5. The first-order valence-electron chi connectivity index (χ1n) is 9.39. The SMILES string of the molecule is O=C(NC[C@](O)(c1ccco1)c1cccs1)C1(c2ccc(Cl)cc2)CCCC1. The molecule has 1 saturated carbocycles. The molecular formula is C22H22ClNO3S. The van der Waals surface area contributed by atoms with Crippen LogP contribution in [0.5, 0.6) is 0 Å². The monoisotopic (exact) mass is 415 g/mol. The van der Waals surface area contributed by atoms with E-state index >= 15 is 0 Å². The molecular weight excluding hydrogens is 394 g/mol. The second-order valence-corrected chi connectivity index (χ2v) is 8.68. The van der Waals surface area contributed by atoms with Gasteiger partial charge in [0.15, 0.2) is 5.60 Å². The average molecular weight is 416 g/mol. The van der Waals surface area contributed by atoms with Crippen LogP contribution in [0, 0.1) is 0 Å². The molecule has 1 atom stereocenters. The zero-order valence-electron chi connectivity index (χ0n) is 15.4. The standard InChI is InChI=1S/C22H22ClNO3S/c23-17-9-7-16(8-10-17)21(11-1-2-12-21)20(25)24-15-22(26,18-5-3-13-27-18)19-6-4-14-28-19/h3-10,13-14,26H,1-2,11-12,15H2,(H,24,25)/t22-/m0/s1. The van der Waals surface area contributed by atoms with Gasteiger partial charge in [-0.15, -0.1) is 11.3 Å². The molecule has 4 rings (SSSR count). The Kier molecular flexibility index (Phi) is 5.32. The summed E-state index contributed by atoms with van der Waals surface area (Å²) in [5.74, 6) is 0.357. The molecule has 3 aromatic rings. The fourth-order valence-corrected chi connectivity index (χ4v) is 5.05. The van der Waals surface area contributed by atoms with Gasteiger partial charge in [0, 0.05) is 9.90 Å². The average Bonchev–Trinajstić information content (AvgIpc) is 3.48. The van der Waals surface area contributed by atoms with E-state index in [1.54, 1.807) is 12.1 Å². The van der Waals surface area contributed by atoms with Crippen LogP contribution in [0.2, 0.25) is 5.02 Å². The van der Waals surface area contributed by atoms with Crippen LogP contribution < -0.4 is 5.32 Å². The van der Waals surface area contributed by atoms with Crippen molar-refractivity contribution in [2.75, 3.05) is 6.54 Å². The molecule has 0 aliphatic heterocycles. The third kappa shape index (κ3) is 3.39. The van der Waals surface area contributed by atoms with Crippen LogP contribution in [-0.4, -0.2) is 17.6 Å². The molecule has 0 unspecified atom stereocenters. The van der Waals surface area contributed by atoms with Crippen LogP contribution in [0.4, 0.5) is 0 Å². The first-order valence-corrected chi connectivity index (χ1v) is 10.7. The van der Waals surface area contributed by atoms with Crippen molar-refractivity contribution in [3.63, 3.8) is 0 Å². The maximum Gasteiger partial charge on any atom is 0.230 e. The number of thiophene rings is 1. The first kappa shape index (κ1) is 19.2. The van der Waals surface area contributed by atoms with Crippen molar-refractivity contribution >= 4 is 28.8 Å². The summed E-state index contributed by atoms with van der Waals surface area (Å²) in [6.45, 7) is 0.0508. The van der Waals surface area contributed by atoms with Crippen molar-refractivity contribution in [3.05, 3.63) is 81.4 Å². The molecule has 1 aliphatic rings. The van der Waals surface area contributed by atoms with Crippen LogP contribution in [0.3, 0.4) is 0 Å². The van der Waals surface area contributed by atoms with E-state index in [2.05, 4.69) is 5.32 Å². The number of amides is 1. The summed E-state index contributed by atoms with van der Waals surface area (Å²) in [4.78, 5) is 14.1. The third-order valence-corrected chi connectivity index (χ3v) is 6.92. The molecule has 6 heteroatoms. The summed E-state index contributed by atoms with van der Waals surface area (Å²) in [7, 11) is 0. The number of carbonyl (C=O) groups is 1. The minimum absolute atomic E-state index is 0.0508. The van der Waals surface area contributed by atoms with Gasteiger partial charge < -0.3 is 14.8 Å². The molecule has 0 radical (unpaired) electrons. The predicted octanol–water partition coefficient (Wildman–Crippen LogP) is 4.86. The fraction of sp³-hybridized carbons (Fsp3) is 0.318. The lowest BCUT2D eigenvalue weighted by Crippen LogP contribution is -2.48. The second-order valence-electron chi connectivity index (χ2n) is 7.29. The molecule has 4 nitrogen and oxygen atoms in total. The van der Waals surface area contributed by atoms with Gasteiger partial charge in [0.2, 0.25) is 5.91 Å². The zero-order chi connectivity index (χ0) is 19.6. The normalized spacial score (nSPS) is 17.9. The van der Waals surface area contributed by atoms with Gasteiger partial charge in [0.25, 0.3) is 0 Å². The Morgan fingerprint density at radius 3 is 2.54 bits per heavy atom. The van der Waals surface area contributed by atoms with Crippen LogP contribution in [-0.2, 0) is 15.8 Å². The molecule has 1 amide bonds. The van der Waals surface area contributed by atoms with Gasteiger partial charge in [-0.2, -0.15) is 0 Å². The Labute approximate surface area is 173 Å². The smallest absolute Gasteiger partial charge is 0.230 e. The van der Waals surface area contributed by atoms with Gasteiger partial charge in [-0.1, -0.05) is 42.6 Å². The van der Waals surface area contributed by atoms with E-state index in [-0.39, 0.29) is 12.5 Å². The van der Waals surface area contributed by atoms with E-state index in [1.165, 1.54) is 17.6 Å². The van der Waals surface area contributed by atoms with E-state index in [1.807, 2.05) is 41.8 Å². The number of hydrogen-bond donors (Lipinski definition) is 2. The lowest BCUT2D eigenvalue weighted by molar-refractivity contribution is -0.127. The number of furan rings is 1. The summed E-state index contributed by atoms with van der Waals surface area (Å²) in [5, 5.41) is 17.0. The number of carbonyl (C=O) groups excluding carboxylic acids is 1. The fourth-order valence-electron chi connectivity index (χ4n) is 4.10. The summed E-state index contributed by atoms with van der Waals surface area (Å²) in [6.07, 6.45) is 5.12. The van der Waals surface area contributed by atoms with E-state index < -0.39 is 11.0 Å². The lowest BCUT2D eigenvalue weighted by atomic mass is 9.78. The summed E-state index contributed by atoms with van der Waals surface area (Å²) >= 11 is 7.47. The summed E-state index contributed by atoms with van der Waals surface area (Å²) < 4.78 is 5.49. The highest BCUT2D eigenvalue weighted by Gasteiger charge is 2.44. The van der Waals surface area contributed by atoms with E-state index in [4.69, 9.17) is 16.0 Å². The highest BCUT2D eigenvalue weighted by Crippen LogP contribution is 2.42. The molecule has 28 heavy (non-hydrogen) atoms. The second kappa shape index (κ2) is 7.74. The van der Waals surface area contributed by atoms with E-state index in [9.17, 15) is 9.90 Å². The van der Waals surface area contributed by atoms with E-state index in [0.717, 1.165) is 36.1 Å². The number of rotatable bonds is 6. The Balaban J connectivity index is 1.60. The number of nitrogens with one attached hydrogen (secondary N) is 1. The van der Waals surface area contributed by atoms with Gasteiger partial charge in [0.1, 0.15) is 5.76 Å². The van der Waals surface area contributed by atoms with Crippen molar-refractivity contribution in [1.29, 1.82) is 0 Å². The highest BCUT2D eigenvalue weighted by molar-refractivity contribution is 7.10. The molecule has 1 aromatic carbocycles. The molecule has 2 N–H and O–H groups in total. The Hall–Kier alpha value is -2.08. The predicted molar refractivity (Wildman–Crippen MR) is 111 cm³/mol. The van der Waals surface area contributed by atoms with Gasteiger partial charge in [-0.05, 0) is 54.1 Å². The maximum atomic E-state index is 13.4. The molecule has 0 spiro atoms. The molecule has 1 fully saturated rings. The van der Waals surface area contributed by atoms with Crippen molar-refractivity contribution in [2.45, 2.75) is 36.7 Å². The molecule has 0 saturated heterocycles. The topological polar surface area (TPSA) is 62.5 Å². The Morgan fingerprint density at radius 1 is 1.18 bits per heavy atom. The molecule has 0 bridgehead atoms. The minimum Gasteiger partial charge on any atom is -0.466 e. The van der Waals surface area contributed by atoms with Crippen LogP contribution in [0.15, 0.2) is 64.6 Å². The van der Waals surface area contributed by atoms with Crippen LogP contribution in [0.25, 0.3) is 0 Å². The van der Waals surface area contributed by atoms with Gasteiger partial charge in [-0.25, -0.2) is 0 Å². The number of halogens is 1. The largest absolute Gasteiger partial charge is 0.466 e. The number of benzene rings is 1. The van der Waals surface area contributed by atoms with Crippen molar-refractivity contribution < 1.29 is 14.3 Å². The Bertz CT molecular complexity index is 879. The summed E-state index contributed by atoms with van der Waals surface area (Å²) in [5.41, 5.74) is -0.999. The highest BCUT2D eigenvalue weighted by atomic mass is 35.5.